The fourth-order valence-corrected chi connectivity index (χ4v) is 2.38. The summed E-state index contributed by atoms with van der Waals surface area (Å²) in [5, 5.41) is 5.44. The van der Waals surface area contributed by atoms with Crippen molar-refractivity contribution in [3.05, 3.63) is 95.6 Å². The molecule has 2 N–H and O–H groups in total. The van der Waals surface area contributed by atoms with E-state index in [4.69, 9.17) is 0 Å². The molecule has 3 rings (SSSR count). The van der Waals surface area contributed by atoms with Crippen molar-refractivity contribution in [2.24, 2.45) is 0 Å². The third-order valence-electron chi connectivity index (χ3n) is 3.68. The first kappa shape index (κ1) is 17.3. The van der Waals surface area contributed by atoms with E-state index in [1.807, 2.05) is 6.07 Å². The molecule has 0 saturated heterocycles. The number of pyridine rings is 1. The van der Waals surface area contributed by atoms with Crippen molar-refractivity contribution in [1.82, 2.24) is 10.3 Å². The Hall–Kier alpha value is -3.54. The summed E-state index contributed by atoms with van der Waals surface area (Å²) in [6.07, 6.45) is 3.08. The maximum atomic E-state index is 13.7. The van der Waals surface area contributed by atoms with Crippen LogP contribution in [0.25, 0.3) is 0 Å². The Labute approximate surface area is 149 Å². The van der Waals surface area contributed by atoms with E-state index in [0.717, 1.165) is 5.56 Å². The Balaban J connectivity index is 1.64. The van der Waals surface area contributed by atoms with Crippen LogP contribution in [-0.2, 0) is 6.54 Å². The number of nitrogens with zero attached hydrogens (tertiary/aromatic N) is 1. The molecule has 0 bridgehead atoms. The lowest BCUT2D eigenvalue weighted by Gasteiger charge is -2.09. The fourth-order valence-electron chi connectivity index (χ4n) is 2.38. The molecule has 0 aliphatic rings. The first-order chi connectivity index (χ1) is 12.6. The molecule has 130 valence electrons. The summed E-state index contributed by atoms with van der Waals surface area (Å²) in [7, 11) is 0. The van der Waals surface area contributed by atoms with Crippen LogP contribution < -0.4 is 10.6 Å². The number of hydrogen-bond acceptors (Lipinski definition) is 3. The van der Waals surface area contributed by atoms with Gasteiger partial charge in [-0.1, -0.05) is 24.3 Å². The van der Waals surface area contributed by atoms with Crippen LogP contribution in [0.15, 0.2) is 73.1 Å². The number of rotatable bonds is 5. The van der Waals surface area contributed by atoms with E-state index in [9.17, 15) is 14.0 Å². The van der Waals surface area contributed by atoms with Gasteiger partial charge in [-0.25, -0.2) is 4.39 Å². The van der Waals surface area contributed by atoms with Crippen molar-refractivity contribution in [3.8, 4) is 0 Å². The summed E-state index contributed by atoms with van der Waals surface area (Å²) >= 11 is 0. The van der Waals surface area contributed by atoms with Gasteiger partial charge < -0.3 is 10.6 Å². The summed E-state index contributed by atoms with van der Waals surface area (Å²) in [6, 6.07) is 16.1. The molecular weight excluding hydrogens is 333 g/mol. The van der Waals surface area contributed by atoms with Gasteiger partial charge >= 0.3 is 0 Å². The zero-order chi connectivity index (χ0) is 18.4. The lowest BCUT2D eigenvalue weighted by Crippen LogP contribution is -2.23. The van der Waals surface area contributed by atoms with Crippen LogP contribution in [0.1, 0.15) is 26.3 Å². The highest BCUT2D eigenvalue weighted by atomic mass is 19.1. The third-order valence-corrected chi connectivity index (χ3v) is 3.68. The van der Waals surface area contributed by atoms with Gasteiger partial charge in [0.05, 0.1) is 11.1 Å². The van der Waals surface area contributed by atoms with Gasteiger partial charge in [-0.15, -0.1) is 0 Å². The number of benzene rings is 2. The zero-order valence-corrected chi connectivity index (χ0v) is 13.8. The van der Waals surface area contributed by atoms with Gasteiger partial charge in [0.1, 0.15) is 5.82 Å². The Morgan fingerprint density at radius 1 is 0.962 bits per heavy atom. The number of halogens is 1. The molecule has 3 aromatic rings. The van der Waals surface area contributed by atoms with Gasteiger partial charge in [0, 0.05) is 24.6 Å². The summed E-state index contributed by atoms with van der Waals surface area (Å²) in [5.41, 5.74) is 1.76. The van der Waals surface area contributed by atoms with Crippen LogP contribution in [0.3, 0.4) is 0 Å². The van der Waals surface area contributed by atoms with Crippen LogP contribution in [-0.4, -0.2) is 16.8 Å². The molecule has 6 heteroatoms. The number of anilines is 1. The van der Waals surface area contributed by atoms with Crippen molar-refractivity contribution in [2.75, 3.05) is 5.32 Å². The SMILES string of the molecule is O=C(NCc1cccc(NC(=O)c2ccccc2F)c1)c1cccnc1. The number of amides is 2. The van der Waals surface area contributed by atoms with Gasteiger partial charge in [-0.3, -0.25) is 14.6 Å². The highest BCUT2D eigenvalue weighted by Crippen LogP contribution is 2.14. The van der Waals surface area contributed by atoms with Crippen LogP contribution in [0.5, 0.6) is 0 Å². The number of carbonyl (C=O) groups is 2. The Morgan fingerprint density at radius 3 is 2.58 bits per heavy atom. The standard InChI is InChI=1S/C20H16FN3O2/c21-18-9-2-1-8-17(18)20(26)24-16-7-3-5-14(11-16)12-23-19(25)15-6-4-10-22-13-15/h1-11,13H,12H2,(H,23,25)(H,24,26). The van der Waals surface area contributed by atoms with Gasteiger partial charge in [-0.2, -0.15) is 0 Å². The van der Waals surface area contributed by atoms with Crippen molar-refractivity contribution in [1.29, 1.82) is 0 Å². The first-order valence-electron chi connectivity index (χ1n) is 7.96. The molecule has 2 amide bonds. The molecule has 0 spiro atoms. The molecule has 5 nitrogen and oxygen atoms in total. The number of aromatic nitrogens is 1. The Bertz CT molecular complexity index is 929. The van der Waals surface area contributed by atoms with Crippen LogP contribution in [0.2, 0.25) is 0 Å². The molecule has 0 fully saturated rings. The molecule has 0 saturated carbocycles. The molecule has 0 radical (unpaired) electrons. The highest BCUT2D eigenvalue weighted by molar-refractivity contribution is 6.04. The predicted molar refractivity (Wildman–Crippen MR) is 96.2 cm³/mol. The molecule has 0 aliphatic carbocycles. The largest absolute Gasteiger partial charge is 0.348 e. The number of nitrogens with one attached hydrogen (secondary N) is 2. The normalized spacial score (nSPS) is 10.2. The topological polar surface area (TPSA) is 71.1 Å². The van der Waals surface area contributed by atoms with Gasteiger partial charge in [0.15, 0.2) is 0 Å². The fraction of sp³-hybridized carbons (Fsp3) is 0.0500. The van der Waals surface area contributed by atoms with E-state index in [0.29, 0.717) is 11.3 Å². The number of hydrogen-bond donors (Lipinski definition) is 2. The zero-order valence-electron chi connectivity index (χ0n) is 13.8. The van der Waals surface area contributed by atoms with Gasteiger partial charge in [0.25, 0.3) is 11.8 Å². The maximum absolute atomic E-state index is 13.7. The van der Waals surface area contributed by atoms with Gasteiger partial charge in [0.2, 0.25) is 0 Å². The van der Waals surface area contributed by atoms with Crippen LogP contribution >= 0.6 is 0 Å². The second-order valence-electron chi connectivity index (χ2n) is 5.56. The highest BCUT2D eigenvalue weighted by Gasteiger charge is 2.11. The number of carbonyl (C=O) groups excluding carboxylic acids is 2. The first-order valence-corrected chi connectivity index (χ1v) is 7.96. The van der Waals surface area contributed by atoms with Crippen LogP contribution in [0, 0.1) is 5.82 Å². The molecule has 1 heterocycles. The minimum absolute atomic E-state index is 0.0252. The monoisotopic (exact) mass is 349 g/mol. The van der Waals surface area contributed by atoms with E-state index in [1.54, 1.807) is 42.6 Å². The summed E-state index contributed by atoms with van der Waals surface area (Å²) in [5.74, 6) is -1.34. The molecule has 0 aliphatic heterocycles. The van der Waals surface area contributed by atoms with Crippen molar-refractivity contribution >= 4 is 17.5 Å². The predicted octanol–water partition coefficient (Wildman–Crippen LogP) is 3.40. The molecule has 26 heavy (non-hydrogen) atoms. The lowest BCUT2D eigenvalue weighted by molar-refractivity contribution is 0.0949. The Morgan fingerprint density at radius 2 is 1.81 bits per heavy atom. The van der Waals surface area contributed by atoms with E-state index >= 15 is 0 Å². The van der Waals surface area contributed by atoms with Crippen molar-refractivity contribution in [3.63, 3.8) is 0 Å². The minimum atomic E-state index is -0.579. The van der Waals surface area contributed by atoms with Crippen molar-refractivity contribution in [2.45, 2.75) is 6.54 Å². The quantitative estimate of drug-likeness (QED) is 0.742. The van der Waals surface area contributed by atoms with E-state index in [2.05, 4.69) is 15.6 Å². The summed E-state index contributed by atoms with van der Waals surface area (Å²) in [6.45, 7) is 0.289. The molecule has 1 aromatic heterocycles. The summed E-state index contributed by atoms with van der Waals surface area (Å²) < 4.78 is 13.7. The second-order valence-corrected chi connectivity index (χ2v) is 5.56. The van der Waals surface area contributed by atoms with Crippen molar-refractivity contribution < 1.29 is 14.0 Å². The maximum Gasteiger partial charge on any atom is 0.258 e. The van der Waals surface area contributed by atoms with E-state index < -0.39 is 11.7 Å². The van der Waals surface area contributed by atoms with Gasteiger partial charge in [-0.05, 0) is 42.0 Å². The minimum Gasteiger partial charge on any atom is -0.348 e. The molecule has 0 atom stereocenters. The van der Waals surface area contributed by atoms with E-state index in [1.165, 1.54) is 24.4 Å². The second kappa shape index (κ2) is 8.02. The smallest absolute Gasteiger partial charge is 0.258 e. The van der Waals surface area contributed by atoms with Crippen LogP contribution in [0.4, 0.5) is 10.1 Å². The average molecular weight is 349 g/mol. The third kappa shape index (κ3) is 4.30. The molecular formula is C20H16FN3O2. The average Bonchev–Trinajstić information content (AvgIpc) is 2.67. The van der Waals surface area contributed by atoms with E-state index in [-0.39, 0.29) is 18.0 Å². The molecule has 0 unspecified atom stereocenters. The Kier molecular flexibility index (Phi) is 5.34. The summed E-state index contributed by atoms with van der Waals surface area (Å²) in [4.78, 5) is 28.1. The lowest BCUT2D eigenvalue weighted by atomic mass is 10.1. The molecule has 2 aromatic carbocycles.